The normalized spacial score (nSPS) is 17.4. The van der Waals surface area contributed by atoms with Gasteiger partial charge in [0, 0.05) is 18.8 Å². The highest BCUT2D eigenvalue weighted by Gasteiger charge is 2.31. The second-order valence-corrected chi connectivity index (χ2v) is 7.69. The fraction of sp³-hybridized carbons (Fsp3) is 0.556. The standard InChI is InChI=1S/C18H25FN2O3S/c1-13(2)10-20(12-17(23)24-3)11-16(22)21-8-9-25-18(21)14-4-6-15(19)7-5-14/h4-7,13,18H,8-12H2,1-3H3. The monoisotopic (exact) mass is 368 g/mol. The van der Waals surface area contributed by atoms with E-state index < -0.39 is 0 Å². The number of carbonyl (C=O) groups is 2. The molecule has 1 aromatic carbocycles. The van der Waals surface area contributed by atoms with Crippen LogP contribution in [0.2, 0.25) is 0 Å². The van der Waals surface area contributed by atoms with E-state index in [0.717, 1.165) is 11.3 Å². The van der Waals surface area contributed by atoms with Crippen LogP contribution in [0.1, 0.15) is 24.8 Å². The Balaban J connectivity index is 2.05. The number of esters is 1. The Bertz CT molecular complexity index is 594. The Labute approximate surface area is 152 Å². The van der Waals surface area contributed by atoms with Crippen molar-refractivity contribution >= 4 is 23.6 Å². The number of thioether (sulfide) groups is 1. The SMILES string of the molecule is COC(=O)CN(CC(=O)N1CCSC1c1ccc(F)cc1)CC(C)C. The molecular formula is C18H25FN2O3S. The van der Waals surface area contributed by atoms with Crippen molar-refractivity contribution in [1.29, 1.82) is 0 Å². The summed E-state index contributed by atoms with van der Waals surface area (Å²) < 4.78 is 17.9. The lowest BCUT2D eigenvalue weighted by atomic mass is 10.2. The van der Waals surface area contributed by atoms with Crippen molar-refractivity contribution in [3.8, 4) is 0 Å². The lowest BCUT2D eigenvalue weighted by Gasteiger charge is -2.28. The summed E-state index contributed by atoms with van der Waals surface area (Å²) in [6.45, 7) is 5.65. The molecule has 0 aromatic heterocycles. The third-order valence-corrected chi connectivity index (χ3v) is 5.19. The van der Waals surface area contributed by atoms with E-state index in [1.165, 1.54) is 19.2 Å². The maximum Gasteiger partial charge on any atom is 0.319 e. The summed E-state index contributed by atoms with van der Waals surface area (Å²) in [5.41, 5.74) is 0.917. The molecule has 2 rings (SSSR count). The molecule has 1 atom stereocenters. The fourth-order valence-corrected chi connectivity index (χ4v) is 4.14. The van der Waals surface area contributed by atoms with E-state index in [-0.39, 0.29) is 36.2 Å². The highest BCUT2D eigenvalue weighted by Crippen LogP contribution is 2.37. The Morgan fingerprint density at radius 3 is 2.60 bits per heavy atom. The van der Waals surface area contributed by atoms with Crippen LogP contribution in [-0.4, -0.2) is 60.7 Å². The first-order valence-corrected chi connectivity index (χ1v) is 9.41. The summed E-state index contributed by atoms with van der Waals surface area (Å²) >= 11 is 1.67. The molecule has 1 unspecified atom stereocenters. The van der Waals surface area contributed by atoms with E-state index in [1.54, 1.807) is 23.9 Å². The molecule has 0 radical (unpaired) electrons. The molecule has 0 spiro atoms. The Morgan fingerprint density at radius 1 is 1.32 bits per heavy atom. The number of ether oxygens (including phenoxy) is 1. The van der Waals surface area contributed by atoms with Gasteiger partial charge in [0.05, 0.1) is 20.2 Å². The van der Waals surface area contributed by atoms with E-state index in [9.17, 15) is 14.0 Å². The van der Waals surface area contributed by atoms with Gasteiger partial charge < -0.3 is 9.64 Å². The van der Waals surface area contributed by atoms with Gasteiger partial charge in [-0.3, -0.25) is 14.5 Å². The van der Waals surface area contributed by atoms with Gasteiger partial charge >= 0.3 is 5.97 Å². The lowest BCUT2D eigenvalue weighted by Crippen LogP contribution is -2.43. The molecule has 5 nitrogen and oxygen atoms in total. The van der Waals surface area contributed by atoms with Crippen molar-refractivity contribution in [2.75, 3.05) is 39.0 Å². The molecule has 0 bridgehead atoms. The zero-order valence-electron chi connectivity index (χ0n) is 14.9. The summed E-state index contributed by atoms with van der Waals surface area (Å²) in [5.74, 6) is 0.516. The van der Waals surface area contributed by atoms with Crippen LogP contribution in [0.15, 0.2) is 24.3 Å². The van der Waals surface area contributed by atoms with E-state index in [0.29, 0.717) is 19.0 Å². The molecule has 0 aliphatic carbocycles. The Morgan fingerprint density at radius 2 is 2.00 bits per heavy atom. The maximum atomic E-state index is 13.1. The van der Waals surface area contributed by atoms with E-state index in [2.05, 4.69) is 0 Å². The highest BCUT2D eigenvalue weighted by molar-refractivity contribution is 7.99. The van der Waals surface area contributed by atoms with Crippen LogP contribution in [0.25, 0.3) is 0 Å². The van der Waals surface area contributed by atoms with Gasteiger partial charge in [0.25, 0.3) is 0 Å². The largest absolute Gasteiger partial charge is 0.468 e. The minimum absolute atomic E-state index is 0.0242. The van der Waals surface area contributed by atoms with Crippen LogP contribution in [0.3, 0.4) is 0 Å². The smallest absolute Gasteiger partial charge is 0.319 e. The van der Waals surface area contributed by atoms with Gasteiger partial charge in [-0.25, -0.2) is 4.39 Å². The molecule has 7 heteroatoms. The van der Waals surface area contributed by atoms with Crippen molar-refractivity contribution in [2.45, 2.75) is 19.2 Å². The summed E-state index contributed by atoms with van der Waals surface area (Å²) in [4.78, 5) is 28.0. The molecule has 1 aliphatic rings. The van der Waals surface area contributed by atoms with Crippen molar-refractivity contribution < 1.29 is 18.7 Å². The maximum absolute atomic E-state index is 13.1. The van der Waals surface area contributed by atoms with Crippen molar-refractivity contribution in [2.24, 2.45) is 5.92 Å². The van der Waals surface area contributed by atoms with Crippen LogP contribution < -0.4 is 0 Å². The van der Waals surface area contributed by atoms with E-state index in [1.807, 2.05) is 23.6 Å². The molecule has 0 N–H and O–H groups in total. The van der Waals surface area contributed by atoms with Crippen LogP contribution >= 0.6 is 11.8 Å². The van der Waals surface area contributed by atoms with Crippen LogP contribution in [0.4, 0.5) is 4.39 Å². The van der Waals surface area contributed by atoms with Crippen molar-refractivity contribution in [1.82, 2.24) is 9.80 Å². The predicted molar refractivity (Wildman–Crippen MR) is 96.6 cm³/mol. The summed E-state index contributed by atoms with van der Waals surface area (Å²) in [5, 5.41) is -0.105. The van der Waals surface area contributed by atoms with Crippen LogP contribution in [-0.2, 0) is 14.3 Å². The molecule has 1 heterocycles. The Hall–Kier alpha value is -1.60. The lowest BCUT2D eigenvalue weighted by molar-refractivity contribution is -0.143. The number of benzene rings is 1. The van der Waals surface area contributed by atoms with E-state index >= 15 is 0 Å². The molecule has 1 fully saturated rings. The number of amides is 1. The molecule has 138 valence electrons. The summed E-state index contributed by atoms with van der Waals surface area (Å²) in [6, 6.07) is 6.27. The van der Waals surface area contributed by atoms with Crippen molar-refractivity contribution in [3.05, 3.63) is 35.6 Å². The number of methoxy groups -OCH3 is 1. The average molecular weight is 368 g/mol. The molecule has 25 heavy (non-hydrogen) atoms. The summed E-state index contributed by atoms with van der Waals surface area (Å²) in [7, 11) is 1.35. The Kier molecular flexibility index (Phi) is 7.25. The van der Waals surface area contributed by atoms with E-state index in [4.69, 9.17) is 4.74 Å². The van der Waals surface area contributed by atoms with Gasteiger partial charge in [-0.05, 0) is 23.6 Å². The molecule has 1 aromatic rings. The predicted octanol–water partition coefficient (Wildman–Crippen LogP) is 2.53. The van der Waals surface area contributed by atoms with Gasteiger partial charge in [-0.15, -0.1) is 11.8 Å². The number of hydrogen-bond acceptors (Lipinski definition) is 5. The molecule has 0 saturated carbocycles. The molecule has 1 saturated heterocycles. The molecule has 1 aliphatic heterocycles. The second-order valence-electron chi connectivity index (χ2n) is 6.50. The minimum Gasteiger partial charge on any atom is -0.468 e. The van der Waals surface area contributed by atoms with Gasteiger partial charge in [-0.2, -0.15) is 0 Å². The first kappa shape index (κ1) is 19.7. The first-order valence-electron chi connectivity index (χ1n) is 8.36. The number of hydrogen-bond donors (Lipinski definition) is 0. The average Bonchev–Trinajstić information content (AvgIpc) is 3.04. The van der Waals surface area contributed by atoms with Crippen molar-refractivity contribution in [3.63, 3.8) is 0 Å². The summed E-state index contributed by atoms with van der Waals surface area (Å²) in [6.07, 6.45) is 0. The highest BCUT2D eigenvalue weighted by atomic mass is 32.2. The van der Waals surface area contributed by atoms with Crippen LogP contribution in [0.5, 0.6) is 0 Å². The minimum atomic E-state index is -0.348. The fourth-order valence-electron chi connectivity index (χ4n) is 2.86. The number of rotatable bonds is 7. The van der Waals surface area contributed by atoms with Gasteiger partial charge in [-0.1, -0.05) is 26.0 Å². The zero-order valence-corrected chi connectivity index (χ0v) is 15.7. The second kappa shape index (κ2) is 9.20. The quantitative estimate of drug-likeness (QED) is 0.692. The van der Waals surface area contributed by atoms with Gasteiger partial charge in [0.15, 0.2) is 0 Å². The molecule has 1 amide bonds. The number of halogens is 1. The first-order chi connectivity index (χ1) is 11.9. The third-order valence-electron chi connectivity index (χ3n) is 3.93. The van der Waals surface area contributed by atoms with Crippen LogP contribution in [0, 0.1) is 11.7 Å². The third kappa shape index (κ3) is 5.71. The zero-order chi connectivity index (χ0) is 18.4. The molecular weight excluding hydrogens is 343 g/mol. The topological polar surface area (TPSA) is 49.9 Å². The number of nitrogens with zero attached hydrogens (tertiary/aromatic N) is 2. The van der Waals surface area contributed by atoms with Gasteiger partial charge in [0.2, 0.25) is 5.91 Å². The van der Waals surface area contributed by atoms with Gasteiger partial charge in [0.1, 0.15) is 11.2 Å². The number of carbonyl (C=O) groups excluding carboxylic acids is 2.